The highest BCUT2D eigenvalue weighted by atomic mass is 35.5. The minimum atomic E-state index is 0.769. The van der Waals surface area contributed by atoms with Crippen LogP contribution in [0.25, 0.3) is 0 Å². The van der Waals surface area contributed by atoms with Crippen LogP contribution in [0.5, 0.6) is 0 Å². The summed E-state index contributed by atoms with van der Waals surface area (Å²) in [6.07, 6.45) is 3.24. The fraction of sp³-hybridized carbons (Fsp3) is 0.412. The maximum atomic E-state index is 5.89. The lowest BCUT2D eigenvalue weighted by atomic mass is 10.1. The third-order valence-electron chi connectivity index (χ3n) is 3.31. The molecule has 0 aliphatic carbocycles. The van der Waals surface area contributed by atoms with Crippen LogP contribution >= 0.6 is 11.6 Å². The second-order valence-corrected chi connectivity index (χ2v) is 5.71. The van der Waals surface area contributed by atoms with Gasteiger partial charge in [0.25, 0.3) is 0 Å². The first-order chi connectivity index (χ1) is 10.7. The van der Waals surface area contributed by atoms with Gasteiger partial charge in [0.05, 0.1) is 0 Å². The third kappa shape index (κ3) is 5.53. The zero-order valence-corrected chi connectivity index (χ0v) is 14.0. The molecular weight excluding hydrogens is 296 g/mol. The molecule has 2 N–H and O–H groups in total. The zero-order valence-electron chi connectivity index (χ0n) is 13.2. The van der Waals surface area contributed by atoms with Crippen LogP contribution in [-0.4, -0.2) is 23.1 Å². The number of hydrogen-bond donors (Lipinski definition) is 2. The van der Waals surface area contributed by atoms with Crippen molar-refractivity contribution in [2.45, 2.75) is 33.1 Å². The standard InChI is InChI=1S/C17H23ClN4/c1-3-4-10-19-16-12-17(22-13(2)21-16)20-11-9-14-5-7-15(18)8-6-14/h5-8,12H,3-4,9-11H2,1-2H3,(H2,19,20,21,22). The Morgan fingerprint density at radius 3 is 2.27 bits per heavy atom. The van der Waals surface area contributed by atoms with E-state index in [-0.39, 0.29) is 0 Å². The molecule has 1 aromatic carbocycles. The normalized spacial score (nSPS) is 10.5. The van der Waals surface area contributed by atoms with E-state index in [1.807, 2.05) is 37.3 Å². The number of anilines is 2. The molecule has 0 atom stereocenters. The average molecular weight is 319 g/mol. The first-order valence-corrected chi connectivity index (χ1v) is 8.13. The summed E-state index contributed by atoms with van der Waals surface area (Å²) in [7, 11) is 0. The summed E-state index contributed by atoms with van der Waals surface area (Å²) in [5.41, 5.74) is 1.25. The van der Waals surface area contributed by atoms with Crippen molar-refractivity contribution < 1.29 is 0 Å². The van der Waals surface area contributed by atoms with E-state index < -0.39 is 0 Å². The lowest BCUT2D eigenvalue weighted by Gasteiger charge is -2.10. The van der Waals surface area contributed by atoms with E-state index in [1.165, 1.54) is 12.0 Å². The van der Waals surface area contributed by atoms with Crippen LogP contribution in [0.3, 0.4) is 0 Å². The van der Waals surface area contributed by atoms with Crippen LogP contribution in [0, 0.1) is 6.92 Å². The maximum absolute atomic E-state index is 5.89. The van der Waals surface area contributed by atoms with Gasteiger partial charge in [-0.2, -0.15) is 0 Å². The Labute approximate surface area is 137 Å². The van der Waals surface area contributed by atoms with Crippen molar-refractivity contribution in [3.63, 3.8) is 0 Å². The molecule has 5 heteroatoms. The number of nitrogens with one attached hydrogen (secondary N) is 2. The van der Waals surface area contributed by atoms with Crippen molar-refractivity contribution in [2.75, 3.05) is 23.7 Å². The molecule has 2 rings (SSSR count). The third-order valence-corrected chi connectivity index (χ3v) is 3.56. The lowest BCUT2D eigenvalue weighted by molar-refractivity contribution is 0.829. The summed E-state index contributed by atoms with van der Waals surface area (Å²) in [4.78, 5) is 8.83. The largest absolute Gasteiger partial charge is 0.370 e. The molecule has 0 spiro atoms. The molecule has 1 aromatic heterocycles. The monoisotopic (exact) mass is 318 g/mol. The van der Waals surface area contributed by atoms with Crippen molar-refractivity contribution in [2.24, 2.45) is 0 Å². The number of benzene rings is 1. The van der Waals surface area contributed by atoms with Crippen molar-refractivity contribution in [3.8, 4) is 0 Å². The number of hydrogen-bond acceptors (Lipinski definition) is 4. The van der Waals surface area contributed by atoms with E-state index in [0.717, 1.165) is 48.4 Å². The smallest absolute Gasteiger partial charge is 0.131 e. The second kappa shape index (κ2) is 8.59. The van der Waals surface area contributed by atoms with Gasteiger partial charge >= 0.3 is 0 Å². The van der Waals surface area contributed by atoms with E-state index in [2.05, 4.69) is 27.5 Å². The summed E-state index contributed by atoms with van der Waals surface area (Å²) >= 11 is 5.89. The highest BCUT2D eigenvalue weighted by Gasteiger charge is 2.01. The van der Waals surface area contributed by atoms with Crippen LogP contribution in [0.4, 0.5) is 11.6 Å². The molecule has 2 aromatic rings. The molecule has 0 amide bonds. The highest BCUT2D eigenvalue weighted by Crippen LogP contribution is 2.13. The quantitative estimate of drug-likeness (QED) is 0.712. The van der Waals surface area contributed by atoms with Crippen molar-refractivity contribution in [3.05, 3.63) is 46.7 Å². The molecule has 0 fully saturated rings. The van der Waals surface area contributed by atoms with E-state index in [4.69, 9.17) is 11.6 Å². The van der Waals surface area contributed by atoms with Crippen molar-refractivity contribution in [1.82, 2.24) is 9.97 Å². The molecule has 0 saturated heterocycles. The zero-order chi connectivity index (χ0) is 15.8. The van der Waals surface area contributed by atoms with Gasteiger partial charge in [-0.05, 0) is 37.5 Å². The predicted octanol–water partition coefficient (Wildman–Crippen LogP) is 4.31. The predicted molar refractivity (Wildman–Crippen MR) is 93.8 cm³/mol. The van der Waals surface area contributed by atoms with Crippen LogP contribution in [0.1, 0.15) is 31.2 Å². The van der Waals surface area contributed by atoms with Gasteiger partial charge in [0.15, 0.2) is 0 Å². The van der Waals surface area contributed by atoms with Gasteiger partial charge in [0, 0.05) is 24.2 Å². The second-order valence-electron chi connectivity index (χ2n) is 5.27. The highest BCUT2D eigenvalue weighted by molar-refractivity contribution is 6.30. The number of nitrogens with zero attached hydrogens (tertiary/aromatic N) is 2. The Balaban J connectivity index is 1.87. The molecule has 118 valence electrons. The van der Waals surface area contributed by atoms with Gasteiger partial charge in [-0.15, -0.1) is 0 Å². The fourth-order valence-corrected chi connectivity index (χ4v) is 2.25. The minimum absolute atomic E-state index is 0.769. The van der Waals surface area contributed by atoms with Gasteiger partial charge in [-0.1, -0.05) is 37.1 Å². The lowest BCUT2D eigenvalue weighted by Crippen LogP contribution is -2.10. The van der Waals surface area contributed by atoms with Gasteiger partial charge in [-0.25, -0.2) is 9.97 Å². The first kappa shape index (κ1) is 16.6. The fourth-order valence-electron chi connectivity index (χ4n) is 2.13. The Morgan fingerprint density at radius 1 is 1.00 bits per heavy atom. The van der Waals surface area contributed by atoms with E-state index in [9.17, 15) is 0 Å². The Morgan fingerprint density at radius 2 is 1.64 bits per heavy atom. The van der Waals surface area contributed by atoms with Gasteiger partial charge < -0.3 is 10.6 Å². The minimum Gasteiger partial charge on any atom is -0.370 e. The molecular formula is C17H23ClN4. The Hall–Kier alpha value is -1.81. The van der Waals surface area contributed by atoms with E-state index in [0.29, 0.717) is 0 Å². The Kier molecular flexibility index (Phi) is 6.46. The van der Waals surface area contributed by atoms with E-state index in [1.54, 1.807) is 0 Å². The number of aromatic nitrogens is 2. The molecule has 0 saturated carbocycles. The molecule has 0 radical (unpaired) electrons. The topological polar surface area (TPSA) is 49.8 Å². The molecule has 1 heterocycles. The molecule has 0 bridgehead atoms. The molecule has 0 unspecified atom stereocenters. The molecule has 0 aliphatic rings. The maximum Gasteiger partial charge on any atom is 0.131 e. The average Bonchev–Trinajstić information content (AvgIpc) is 2.49. The van der Waals surface area contributed by atoms with Crippen LogP contribution in [0.2, 0.25) is 5.02 Å². The summed E-state index contributed by atoms with van der Waals surface area (Å²) in [5, 5.41) is 7.46. The van der Waals surface area contributed by atoms with Crippen molar-refractivity contribution >= 4 is 23.2 Å². The van der Waals surface area contributed by atoms with Crippen molar-refractivity contribution in [1.29, 1.82) is 0 Å². The number of aryl methyl sites for hydroxylation is 1. The first-order valence-electron chi connectivity index (χ1n) is 7.75. The van der Waals surface area contributed by atoms with Gasteiger partial charge in [0.2, 0.25) is 0 Å². The van der Waals surface area contributed by atoms with E-state index >= 15 is 0 Å². The number of halogens is 1. The van der Waals surface area contributed by atoms with Crippen LogP contribution in [-0.2, 0) is 6.42 Å². The van der Waals surface area contributed by atoms with Gasteiger partial charge in [0.1, 0.15) is 17.5 Å². The Bertz CT molecular complexity index is 584. The van der Waals surface area contributed by atoms with Gasteiger partial charge in [-0.3, -0.25) is 0 Å². The van der Waals surface area contributed by atoms with Crippen LogP contribution in [0.15, 0.2) is 30.3 Å². The van der Waals surface area contributed by atoms with Crippen LogP contribution < -0.4 is 10.6 Å². The molecule has 4 nitrogen and oxygen atoms in total. The summed E-state index contributed by atoms with van der Waals surface area (Å²) in [6.45, 7) is 5.86. The number of rotatable bonds is 8. The SMILES string of the molecule is CCCCNc1cc(NCCc2ccc(Cl)cc2)nc(C)n1. The summed E-state index contributed by atoms with van der Waals surface area (Å²) in [6, 6.07) is 9.90. The molecule has 22 heavy (non-hydrogen) atoms. The summed E-state index contributed by atoms with van der Waals surface area (Å²) < 4.78 is 0. The molecule has 0 aliphatic heterocycles. The number of unbranched alkanes of at least 4 members (excludes halogenated alkanes) is 1. The summed E-state index contributed by atoms with van der Waals surface area (Å²) in [5.74, 6) is 2.52.